The van der Waals surface area contributed by atoms with Crippen molar-refractivity contribution < 1.29 is 9.47 Å². The van der Waals surface area contributed by atoms with Gasteiger partial charge in [0.05, 0.1) is 0 Å². The van der Waals surface area contributed by atoms with Crippen LogP contribution in [0.25, 0.3) is 0 Å². The smallest absolute Gasteiger partial charge is 0.231 e. The molecule has 0 saturated heterocycles. The quantitative estimate of drug-likeness (QED) is 0.781. The van der Waals surface area contributed by atoms with Crippen molar-refractivity contribution in [1.29, 1.82) is 0 Å². The number of nitrogens with one attached hydrogen (secondary N) is 1. The Morgan fingerprint density at radius 3 is 2.83 bits per heavy atom. The Labute approximate surface area is 109 Å². The molecular weight excluding hydrogens is 228 g/mol. The van der Waals surface area contributed by atoms with Gasteiger partial charge in [0.2, 0.25) is 6.79 Å². The highest BCUT2D eigenvalue weighted by atomic mass is 16.7. The number of rotatable bonds is 6. The van der Waals surface area contributed by atoms with E-state index < -0.39 is 0 Å². The van der Waals surface area contributed by atoms with Crippen LogP contribution in [0.1, 0.15) is 19.4 Å². The number of fused-ring (bicyclic) bond motifs is 1. The van der Waals surface area contributed by atoms with Gasteiger partial charge in [0.15, 0.2) is 11.5 Å². The Morgan fingerprint density at radius 2 is 2.06 bits per heavy atom. The molecule has 0 aromatic heterocycles. The third-order valence-corrected chi connectivity index (χ3v) is 3.29. The fourth-order valence-corrected chi connectivity index (χ4v) is 1.80. The normalized spacial score (nSPS) is 13.6. The van der Waals surface area contributed by atoms with Crippen molar-refractivity contribution in [2.45, 2.75) is 26.4 Å². The minimum Gasteiger partial charge on any atom is -0.454 e. The third kappa shape index (κ3) is 3.37. The van der Waals surface area contributed by atoms with Crippen LogP contribution in [0.15, 0.2) is 18.2 Å². The summed E-state index contributed by atoms with van der Waals surface area (Å²) in [6.07, 6.45) is 0. The van der Waals surface area contributed by atoms with Crippen LogP contribution in [-0.4, -0.2) is 37.9 Å². The van der Waals surface area contributed by atoms with Crippen molar-refractivity contribution in [1.82, 2.24) is 10.2 Å². The van der Waals surface area contributed by atoms with Gasteiger partial charge in [-0.05, 0) is 38.6 Å². The van der Waals surface area contributed by atoms with Gasteiger partial charge in [-0.1, -0.05) is 6.07 Å². The molecule has 0 amide bonds. The van der Waals surface area contributed by atoms with Crippen molar-refractivity contribution in [3.63, 3.8) is 0 Å². The second-order valence-electron chi connectivity index (χ2n) is 4.94. The van der Waals surface area contributed by atoms with E-state index >= 15 is 0 Å². The van der Waals surface area contributed by atoms with Crippen molar-refractivity contribution in [3.05, 3.63) is 23.8 Å². The summed E-state index contributed by atoms with van der Waals surface area (Å²) in [5, 5.41) is 3.44. The van der Waals surface area contributed by atoms with Crippen LogP contribution in [0.4, 0.5) is 0 Å². The van der Waals surface area contributed by atoms with E-state index in [2.05, 4.69) is 37.2 Å². The average molecular weight is 250 g/mol. The lowest BCUT2D eigenvalue weighted by atomic mass is 10.2. The van der Waals surface area contributed by atoms with Crippen molar-refractivity contribution in [3.8, 4) is 11.5 Å². The minimum absolute atomic E-state index is 0.339. The standard InChI is InChI=1S/C14H22N2O2/c1-11(2)16(3)7-6-15-9-12-4-5-13-14(8-12)18-10-17-13/h4-5,8,11,15H,6-7,9-10H2,1-3H3. The molecule has 1 aliphatic rings. The molecule has 1 N–H and O–H groups in total. The first kappa shape index (κ1) is 13.2. The van der Waals surface area contributed by atoms with Gasteiger partial charge in [-0.2, -0.15) is 0 Å². The SMILES string of the molecule is CC(C)N(C)CCNCc1ccc2c(c1)OCO2. The fraction of sp³-hybridized carbons (Fsp3) is 0.571. The predicted molar refractivity (Wildman–Crippen MR) is 72.0 cm³/mol. The molecule has 0 fully saturated rings. The van der Waals surface area contributed by atoms with Crippen LogP contribution < -0.4 is 14.8 Å². The van der Waals surface area contributed by atoms with Crippen LogP contribution in [0, 0.1) is 0 Å². The van der Waals surface area contributed by atoms with Crippen LogP contribution in [-0.2, 0) is 6.54 Å². The summed E-state index contributed by atoms with van der Waals surface area (Å²) < 4.78 is 10.6. The summed E-state index contributed by atoms with van der Waals surface area (Å²) in [6.45, 7) is 7.66. The number of nitrogens with zero attached hydrogens (tertiary/aromatic N) is 1. The molecule has 0 saturated carbocycles. The minimum atomic E-state index is 0.339. The van der Waals surface area contributed by atoms with Crippen LogP contribution in [0.2, 0.25) is 0 Å². The van der Waals surface area contributed by atoms with Gasteiger partial charge in [0, 0.05) is 25.7 Å². The van der Waals surface area contributed by atoms with Crippen molar-refractivity contribution in [2.24, 2.45) is 0 Å². The summed E-state index contributed by atoms with van der Waals surface area (Å²) in [7, 11) is 2.15. The summed E-state index contributed by atoms with van der Waals surface area (Å²) in [4.78, 5) is 2.33. The first-order valence-corrected chi connectivity index (χ1v) is 6.46. The molecule has 18 heavy (non-hydrogen) atoms. The molecule has 0 unspecified atom stereocenters. The fourth-order valence-electron chi connectivity index (χ4n) is 1.80. The van der Waals surface area contributed by atoms with Gasteiger partial charge in [-0.3, -0.25) is 0 Å². The molecule has 1 aromatic carbocycles. The highest BCUT2D eigenvalue weighted by molar-refractivity contribution is 5.44. The molecule has 0 bridgehead atoms. The zero-order valence-corrected chi connectivity index (χ0v) is 11.4. The molecule has 100 valence electrons. The van der Waals surface area contributed by atoms with Gasteiger partial charge in [0.1, 0.15) is 0 Å². The second-order valence-corrected chi connectivity index (χ2v) is 4.94. The van der Waals surface area contributed by atoms with E-state index in [4.69, 9.17) is 9.47 Å². The number of hydrogen-bond donors (Lipinski definition) is 1. The number of hydrogen-bond acceptors (Lipinski definition) is 4. The molecule has 1 aliphatic heterocycles. The monoisotopic (exact) mass is 250 g/mol. The van der Waals surface area contributed by atoms with E-state index in [9.17, 15) is 0 Å². The molecule has 4 heteroatoms. The molecule has 4 nitrogen and oxygen atoms in total. The largest absolute Gasteiger partial charge is 0.454 e. The van der Waals surface area contributed by atoms with Gasteiger partial charge >= 0.3 is 0 Å². The maximum Gasteiger partial charge on any atom is 0.231 e. The average Bonchev–Trinajstić information content (AvgIpc) is 2.81. The Kier molecular flexibility index (Phi) is 4.44. The van der Waals surface area contributed by atoms with E-state index in [0.717, 1.165) is 31.1 Å². The van der Waals surface area contributed by atoms with E-state index in [1.54, 1.807) is 0 Å². The lowest BCUT2D eigenvalue weighted by molar-refractivity contribution is 0.174. The first-order valence-electron chi connectivity index (χ1n) is 6.46. The van der Waals surface area contributed by atoms with E-state index in [0.29, 0.717) is 12.8 Å². The lowest BCUT2D eigenvalue weighted by Gasteiger charge is -2.20. The molecule has 0 spiro atoms. The zero-order chi connectivity index (χ0) is 13.0. The predicted octanol–water partition coefficient (Wildman–Crippen LogP) is 1.85. The summed E-state index contributed by atoms with van der Waals surface area (Å²) >= 11 is 0. The molecule has 0 radical (unpaired) electrons. The summed E-state index contributed by atoms with van der Waals surface area (Å²) in [5.41, 5.74) is 1.23. The van der Waals surface area contributed by atoms with E-state index in [1.807, 2.05) is 12.1 Å². The van der Waals surface area contributed by atoms with E-state index in [1.165, 1.54) is 5.56 Å². The van der Waals surface area contributed by atoms with E-state index in [-0.39, 0.29) is 0 Å². The topological polar surface area (TPSA) is 33.7 Å². The Bertz CT molecular complexity index is 393. The first-order chi connectivity index (χ1) is 8.66. The molecule has 0 aliphatic carbocycles. The maximum atomic E-state index is 5.36. The van der Waals surface area contributed by atoms with Gasteiger partial charge in [-0.25, -0.2) is 0 Å². The van der Waals surface area contributed by atoms with Crippen molar-refractivity contribution in [2.75, 3.05) is 26.9 Å². The molecule has 1 heterocycles. The maximum absolute atomic E-state index is 5.36. The van der Waals surface area contributed by atoms with Crippen LogP contribution in [0.5, 0.6) is 11.5 Å². The van der Waals surface area contributed by atoms with Gasteiger partial charge < -0.3 is 19.7 Å². The molecule has 2 rings (SSSR count). The number of likely N-dealkylation sites (N-methyl/N-ethyl adjacent to an activating group) is 1. The Morgan fingerprint density at radius 1 is 1.28 bits per heavy atom. The number of benzene rings is 1. The van der Waals surface area contributed by atoms with Gasteiger partial charge in [0.25, 0.3) is 0 Å². The van der Waals surface area contributed by atoms with Gasteiger partial charge in [-0.15, -0.1) is 0 Å². The highest BCUT2D eigenvalue weighted by Crippen LogP contribution is 2.32. The third-order valence-electron chi connectivity index (χ3n) is 3.29. The van der Waals surface area contributed by atoms with Crippen LogP contribution >= 0.6 is 0 Å². The van der Waals surface area contributed by atoms with Crippen molar-refractivity contribution >= 4 is 0 Å². The number of ether oxygens (including phenoxy) is 2. The zero-order valence-electron chi connectivity index (χ0n) is 11.4. The Balaban J connectivity index is 1.74. The second kappa shape index (κ2) is 6.07. The Hall–Kier alpha value is -1.26. The molecule has 1 aromatic rings. The molecular formula is C14H22N2O2. The highest BCUT2D eigenvalue weighted by Gasteiger charge is 2.12. The molecule has 0 atom stereocenters. The van der Waals surface area contributed by atoms with Crippen LogP contribution in [0.3, 0.4) is 0 Å². The lowest BCUT2D eigenvalue weighted by Crippen LogP contribution is -2.33. The summed E-state index contributed by atoms with van der Waals surface area (Å²) in [6, 6.07) is 6.69. The summed E-state index contributed by atoms with van der Waals surface area (Å²) in [5.74, 6) is 1.70.